The van der Waals surface area contributed by atoms with Gasteiger partial charge in [0, 0.05) is 6.61 Å². The van der Waals surface area contributed by atoms with E-state index in [-0.39, 0.29) is 6.61 Å². The van der Waals surface area contributed by atoms with Gasteiger partial charge in [-0.25, -0.2) is 4.79 Å². The summed E-state index contributed by atoms with van der Waals surface area (Å²) in [7, 11) is 1.30. The van der Waals surface area contributed by atoms with Gasteiger partial charge in [-0.2, -0.15) is 0 Å². The first-order valence-electron chi connectivity index (χ1n) is 4.16. The molecule has 0 aromatic heterocycles. The Labute approximate surface area is 87.3 Å². The maximum absolute atomic E-state index is 11.2. The van der Waals surface area contributed by atoms with Crippen molar-refractivity contribution >= 4 is 17.6 Å². The molecule has 14 heavy (non-hydrogen) atoms. The summed E-state index contributed by atoms with van der Waals surface area (Å²) in [5.41, 5.74) is 1.19. The van der Waals surface area contributed by atoms with Crippen LogP contribution in [0.3, 0.4) is 0 Å². The van der Waals surface area contributed by atoms with Gasteiger partial charge in [-0.3, -0.25) is 0 Å². The first kappa shape index (κ1) is 11.0. The predicted octanol–water partition coefficient (Wildman–Crippen LogP) is 1.66. The van der Waals surface area contributed by atoms with Crippen LogP contribution in [0.2, 0.25) is 5.02 Å². The Morgan fingerprint density at radius 2 is 2.29 bits per heavy atom. The number of methoxy groups -OCH3 is 1. The number of esters is 1. The Hall–Kier alpha value is -1.06. The van der Waals surface area contributed by atoms with Crippen molar-refractivity contribution in [3.05, 3.63) is 34.3 Å². The van der Waals surface area contributed by atoms with Crippen LogP contribution in [-0.4, -0.2) is 24.8 Å². The lowest BCUT2D eigenvalue weighted by atomic mass is 10.1. The molecule has 0 radical (unpaired) electrons. The monoisotopic (exact) mass is 214 g/mol. The van der Waals surface area contributed by atoms with Crippen molar-refractivity contribution in [2.45, 2.75) is 6.42 Å². The number of benzene rings is 1. The third kappa shape index (κ3) is 2.47. The molecule has 0 spiro atoms. The average molecular weight is 215 g/mol. The topological polar surface area (TPSA) is 46.5 Å². The standard InChI is InChI=1S/C10H11ClO3/c1-14-10(13)8-6-7(4-5-12)2-3-9(8)11/h2-3,6,12H,4-5H2,1H3. The fourth-order valence-corrected chi connectivity index (χ4v) is 1.32. The number of hydrogen-bond acceptors (Lipinski definition) is 3. The van der Waals surface area contributed by atoms with E-state index in [1.807, 2.05) is 0 Å². The molecule has 0 aliphatic rings. The predicted molar refractivity (Wildman–Crippen MR) is 53.6 cm³/mol. The van der Waals surface area contributed by atoms with E-state index in [2.05, 4.69) is 4.74 Å². The van der Waals surface area contributed by atoms with Crippen molar-refractivity contribution in [2.24, 2.45) is 0 Å². The van der Waals surface area contributed by atoms with E-state index in [0.29, 0.717) is 17.0 Å². The molecule has 0 saturated carbocycles. The summed E-state index contributed by atoms with van der Waals surface area (Å²) in [5.74, 6) is -0.463. The highest BCUT2D eigenvalue weighted by atomic mass is 35.5. The van der Waals surface area contributed by atoms with Gasteiger partial charge in [0.15, 0.2) is 0 Å². The van der Waals surface area contributed by atoms with E-state index in [9.17, 15) is 4.79 Å². The molecule has 1 N–H and O–H groups in total. The van der Waals surface area contributed by atoms with Crippen molar-refractivity contribution in [2.75, 3.05) is 13.7 Å². The first-order valence-corrected chi connectivity index (χ1v) is 4.54. The van der Waals surface area contributed by atoms with Crippen molar-refractivity contribution in [1.29, 1.82) is 0 Å². The van der Waals surface area contributed by atoms with E-state index < -0.39 is 5.97 Å². The zero-order valence-corrected chi connectivity index (χ0v) is 8.54. The van der Waals surface area contributed by atoms with Gasteiger partial charge in [0.1, 0.15) is 0 Å². The molecule has 0 aliphatic carbocycles. The second kappa shape index (κ2) is 4.98. The second-order valence-electron chi connectivity index (χ2n) is 2.78. The van der Waals surface area contributed by atoms with Gasteiger partial charge in [-0.15, -0.1) is 0 Å². The number of aliphatic hydroxyl groups is 1. The lowest BCUT2D eigenvalue weighted by Gasteiger charge is -2.04. The Bertz CT molecular complexity index is 336. The minimum Gasteiger partial charge on any atom is -0.465 e. The van der Waals surface area contributed by atoms with Crippen molar-refractivity contribution < 1.29 is 14.6 Å². The molecule has 1 aromatic carbocycles. The summed E-state index contributed by atoms with van der Waals surface area (Å²) in [6, 6.07) is 5.02. The highest BCUT2D eigenvalue weighted by Crippen LogP contribution is 2.18. The summed E-state index contributed by atoms with van der Waals surface area (Å²) in [5, 5.41) is 9.09. The zero-order chi connectivity index (χ0) is 10.6. The summed E-state index contributed by atoms with van der Waals surface area (Å²) < 4.78 is 4.56. The zero-order valence-electron chi connectivity index (χ0n) is 7.79. The molecule has 0 saturated heterocycles. The van der Waals surface area contributed by atoms with E-state index in [1.165, 1.54) is 7.11 Å². The molecule has 3 nitrogen and oxygen atoms in total. The SMILES string of the molecule is COC(=O)c1cc(CCO)ccc1Cl. The Kier molecular flexibility index (Phi) is 3.92. The van der Waals surface area contributed by atoms with Crippen molar-refractivity contribution in [1.82, 2.24) is 0 Å². The van der Waals surface area contributed by atoms with Gasteiger partial charge in [-0.1, -0.05) is 17.7 Å². The minimum atomic E-state index is -0.463. The molecule has 0 aliphatic heterocycles. The van der Waals surface area contributed by atoms with Crippen LogP contribution in [0, 0.1) is 0 Å². The Morgan fingerprint density at radius 1 is 1.57 bits per heavy atom. The summed E-state index contributed by atoms with van der Waals surface area (Å²) in [6.45, 7) is 0.0439. The summed E-state index contributed by atoms with van der Waals surface area (Å²) in [4.78, 5) is 11.2. The van der Waals surface area contributed by atoms with E-state index in [4.69, 9.17) is 16.7 Å². The number of rotatable bonds is 3. The molecule has 0 fully saturated rings. The van der Waals surface area contributed by atoms with E-state index in [1.54, 1.807) is 18.2 Å². The van der Waals surface area contributed by atoms with Crippen LogP contribution >= 0.6 is 11.6 Å². The van der Waals surface area contributed by atoms with E-state index >= 15 is 0 Å². The van der Waals surface area contributed by atoms with Crippen LogP contribution in [0.4, 0.5) is 0 Å². The lowest BCUT2D eigenvalue weighted by Crippen LogP contribution is -2.03. The molecule has 0 bridgehead atoms. The molecular formula is C10H11ClO3. The molecule has 0 atom stereocenters. The molecule has 0 unspecified atom stereocenters. The van der Waals surface area contributed by atoms with Crippen molar-refractivity contribution in [3.63, 3.8) is 0 Å². The Morgan fingerprint density at radius 3 is 2.86 bits per heavy atom. The number of ether oxygens (including phenoxy) is 1. The third-order valence-electron chi connectivity index (χ3n) is 1.84. The molecule has 0 heterocycles. The lowest BCUT2D eigenvalue weighted by molar-refractivity contribution is 0.0600. The fraction of sp³-hybridized carbons (Fsp3) is 0.300. The summed E-state index contributed by atoms with van der Waals surface area (Å²) in [6.07, 6.45) is 0.501. The number of carbonyl (C=O) groups is 1. The smallest absolute Gasteiger partial charge is 0.339 e. The maximum atomic E-state index is 11.2. The van der Waals surface area contributed by atoms with Gasteiger partial charge in [-0.05, 0) is 24.1 Å². The molecular weight excluding hydrogens is 204 g/mol. The highest BCUT2D eigenvalue weighted by molar-refractivity contribution is 6.33. The van der Waals surface area contributed by atoms with Crippen LogP contribution in [0.15, 0.2) is 18.2 Å². The van der Waals surface area contributed by atoms with Gasteiger partial charge >= 0.3 is 5.97 Å². The Balaban J connectivity index is 3.01. The fourth-order valence-electron chi connectivity index (χ4n) is 1.12. The van der Waals surface area contributed by atoms with Crippen LogP contribution in [0.5, 0.6) is 0 Å². The van der Waals surface area contributed by atoms with Crippen LogP contribution < -0.4 is 0 Å². The summed E-state index contributed by atoms with van der Waals surface area (Å²) >= 11 is 5.81. The number of halogens is 1. The molecule has 1 aromatic rings. The van der Waals surface area contributed by atoms with Crippen molar-refractivity contribution in [3.8, 4) is 0 Å². The number of hydrogen-bond donors (Lipinski definition) is 1. The third-order valence-corrected chi connectivity index (χ3v) is 2.17. The number of carbonyl (C=O) groups excluding carboxylic acids is 1. The minimum absolute atomic E-state index is 0.0439. The molecule has 76 valence electrons. The van der Waals surface area contributed by atoms with Crippen LogP contribution in [-0.2, 0) is 11.2 Å². The molecule has 1 rings (SSSR count). The number of aliphatic hydroxyl groups excluding tert-OH is 1. The maximum Gasteiger partial charge on any atom is 0.339 e. The average Bonchev–Trinajstić information content (AvgIpc) is 2.20. The second-order valence-corrected chi connectivity index (χ2v) is 3.19. The van der Waals surface area contributed by atoms with Gasteiger partial charge in [0.25, 0.3) is 0 Å². The van der Waals surface area contributed by atoms with Crippen LogP contribution in [0.1, 0.15) is 15.9 Å². The molecule has 4 heteroatoms. The van der Waals surface area contributed by atoms with Gasteiger partial charge in [0.05, 0.1) is 17.7 Å². The van der Waals surface area contributed by atoms with Crippen LogP contribution in [0.25, 0.3) is 0 Å². The first-order chi connectivity index (χ1) is 6.69. The van der Waals surface area contributed by atoms with Gasteiger partial charge in [0.2, 0.25) is 0 Å². The largest absolute Gasteiger partial charge is 0.465 e. The molecule has 0 amide bonds. The van der Waals surface area contributed by atoms with E-state index in [0.717, 1.165) is 5.56 Å². The normalized spacial score (nSPS) is 9.93. The highest BCUT2D eigenvalue weighted by Gasteiger charge is 2.10. The van der Waals surface area contributed by atoms with Gasteiger partial charge < -0.3 is 9.84 Å². The quantitative estimate of drug-likeness (QED) is 0.779.